The third-order valence-electron chi connectivity index (χ3n) is 11.3. The lowest BCUT2D eigenvalue weighted by Crippen LogP contribution is -2.62. The number of aliphatic hydroxyl groups is 1. The Labute approximate surface area is 268 Å². The standard InChI is InChI=1S/C35H45FN4O6/c1-24(19-25-7-6-8-25)31(42)39-14-13-35(46,34(22-39)11-4-5-12-34)23-40-21-28(32(43)37-15-17-38(18-16-37)33(44)45)27(20-30(40)41)26-9-2-3-10-29(26)36/h2-3,9-10,20-21,24-25,46H,4-8,11-19,22-23H2,1H3,(H,44,45). The third kappa shape index (κ3) is 6.06. The Morgan fingerprint density at radius 1 is 0.935 bits per heavy atom. The number of halogens is 1. The lowest BCUT2D eigenvalue weighted by Gasteiger charge is -2.53. The van der Waals surface area contributed by atoms with Crippen molar-refractivity contribution >= 4 is 17.9 Å². The molecule has 6 rings (SSSR count). The lowest BCUT2D eigenvalue weighted by atomic mass is 9.65. The Morgan fingerprint density at radius 2 is 1.61 bits per heavy atom. The molecule has 248 valence electrons. The van der Waals surface area contributed by atoms with Crippen molar-refractivity contribution in [1.29, 1.82) is 0 Å². The Bertz CT molecular complexity index is 1540. The van der Waals surface area contributed by atoms with Gasteiger partial charge in [0.05, 0.1) is 17.7 Å². The number of carboxylic acid groups (broad SMARTS) is 1. The SMILES string of the molecule is CC(CC1CCC1)C(=O)N1CCC(O)(Cn2cc(C(=O)N3CCN(C(=O)O)CC3)c(-c3ccccc3F)cc2=O)C2(CCCC2)C1. The second-order valence-electron chi connectivity index (χ2n) is 14.1. The van der Waals surface area contributed by atoms with Gasteiger partial charge in [0.2, 0.25) is 5.91 Å². The highest BCUT2D eigenvalue weighted by molar-refractivity contribution is 6.00. The summed E-state index contributed by atoms with van der Waals surface area (Å²) in [7, 11) is 0. The van der Waals surface area contributed by atoms with E-state index in [4.69, 9.17) is 0 Å². The van der Waals surface area contributed by atoms with E-state index in [1.807, 2.05) is 11.8 Å². The van der Waals surface area contributed by atoms with Gasteiger partial charge in [-0.15, -0.1) is 0 Å². The minimum absolute atomic E-state index is 0.0455. The number of rotatable bonds is 7. The molecule has 2 aromatic rings. The van der Waals surface area contributed by atoms with Crippen LogP contribution in [0.5, 0.6) is 0 Å². The van der Waals surface area contributed by atoms with Gasteiger partial charge in [-0.3, -0.25) is 14.4 Å². The van der Waals surface area contributed by atoms with Gasteiger partial charge in [-0.2, -0.15) is 0 Å². The molecule has 1 aromatic heterocycles. The van der Waals surface area contributed by atoms with E-state index < -0.39 is 34.4 Å². The number of amides is 3. The number of nitrogens with zero attached hydrogens (tertiary/aromatic N) is 4. The van der Waals surface area contributed by atoms with Crippen LogP contribution in [0.3, 0.4) is 0 Å². The van der Waals surface area contributed by atoms with Crippen molar-refractivity contribution in [2.24, 2.45) is 17.3 Å². The fourth-order valence-corrected chi connectivity index (χ4v) is 8.25. The normalized spacial score (nSPS) is 23.8. The van der Waals surface area contributed by atoms with Crippen LogP contribution in [-0.2, 0) is 11.3 Å². The summed E-state index contributed by atoms with van der Waals surface area (Å²) < 4.78 is 16.4. The molecule has 1 spiro atoms. The van der Waals surface area contributed by atoms with Crippen molar-refractivity contribution in [2.45, 2.75) is 76.9 Å². The molecule has 2 saturated carbocycles. The summed E-state index contributed by atoms with van der Waals surface area (Å²) >= 11 is 0. The summed E-state index contributed by atoms with van der Waals surface area (Å²) in [5.41, 5.74) is -1.91. The Hall–Kier alpha value is -3.73. The quantitative estimate of drug-likeness (QED) is 0.464. The number of piperidine rings is 1. The average Bonchev–Trinajstić information content (AvgIpc) is 3.50. The smallest absolute Gasteiger partial charge is 0.407 e. The van der Waals surface area contributed by atoms with E-state index in [0.717, 1.165) is 32.1 Å². The molecule has 11 heteroatoms. The van der Waals surface area contributed by atoms with Crippen molar-refractivity contribution < 1.29 is 29.0 Å². The van der Waals surface area contributed by atoms with Crippen LogP contribution in [0, 0.1) is 23.1 Å². The highest BCUT2D eigenvalue weighted by atomic mass is 19.1. The first-order chi connectivity index (χ1) is 22.0. The number of likely N-dealkylation sites (tertiary alicyclic amines) is 1. The van der Waals surface area contributed by atoms with Gasteiger partial charge in [-0.05, 0) is 37.7 Å². The number of pyridine rings is 1. The molecule has 0 bridgehead atoms. The van der Waals surface area contributed by atoms with Gasteiger partial charge < -0.3 is 29.5 Å². The van der Waals surface area contributed by atoms with Crippen molar-refractivity contribution in [3.05, 3.63) is 58.3 Å². The zero-order chi connectivity index (χ0) is 32.6. The van der Waals surface area contributed by atoms with Crippen LogP contribution in [0.15, 0.2) is 41.3 Å². The van der Waals surface area contributed by atoms with E-state index in [9.17, 15) is 29.4 Å². The summed E-state index contributed by atoms with van der Waals surface area (Å²) in [6.07, 6.45) is 8.55. The Morgan fingerprint density at radius 3 is 2.24 bits per heavy atom. The zero-order valence-electron chi connectivity index (χ0n) is 26.6. The largest absolute Gasteiger partial charge is 0.465 e. The van der Waals surface area contributed by atoms with Gasteiger partial charge in [0.1, 0.15) is 5.82 Å². The maximum absolute atomic E-state index is 15.0. The van der Waals surface area contributed by atoms with Crippen LogP contribution >= 0.6 is 0 Å². The first-order valence-corrected chi connectivity index (χ1v) is 16.8. The monoisotopic (exact) mass is 636 g/mol. The van der Waals surface area contributed by atoms with Crippen molar-refractivity contribution in [3.63, 3.8) is 0 Å². The summed E-state index contributed by atoms with van der Waals surface area (Å²) in [5.74, 6) is -0.299. The van der Waals surface area contributed by atoms with Crippen molar-refractivity contribution in [3.8, 4) is 11.1 Å². The highest BCUT2D eigenvalue weighted by Gasteiger charge is 2.56. The maximum atomic E-state index is 15.0. The molecular weight excluding hydrogens is 591 g/mol. The Kier molecular flexibility index (Phi) is 8.98. The van der Waals surface area contributed by atoms with Crippen LogP contribution in [0.2, 0.25) is 0 Å². The fraction of sp³-hybridized carbons (Fsp3) is 0.600. The number of piperazine rings is 1. The highest BCUT2D eigenvalue weighted by Crippen LogP contribution is 2.52. The van der Waals surface area contributed by atoms with E-state index in [-0.39, 0.29) is 61.2 Å². The number of aromatic nitrogens is 1. The maximum Gasteiger partial charge on any atom is 0.407 e. The minimum atomic E-state index is -1.28. The van der Waals surface area contributed by atoms with Gasteiger partial charge in [0.15, 0.2) is 0 Å². The van der Waals surface area contributed by atoms with Crippen LogP contribution < -0.4 is 5.56 Å². The molecule has 10 nitrogen and oxygen atoms in total. The van der Waals surface area contributed by atoms with Crippen LogP contribution in [0.25, 0.3) is 11.1 Å². The zero-order valence-corrected chi connectivity index (χ0v) is 26.6. The van der Waals surface area contributed by atoms with E-state index >= 15 is 4.39 Å². The summed E-state index contributed by atoms with van der Waals surface area (Å²) in [6, 6.07) is 7.24. The number of hydrogen-bond donors (Lipinski definition) is 2. The molecule has 1 aromatic carbocycles. The second-order valence-corrected chi connectivity index (χ2v) is 14.1. The number of benzene rings is 1. The summed E-state index contributed by atoms with van der Waals surface area (Å²) in [4.78, 5) is 57.3. The van der Waals surface area contributed by atoms with Gasteiger partial charge in [-0.1, -0.05) is 57.2 Å². The van der Waals surface area contributed by atoms with Gasteiger partial charge in [-0.25, -0.2) is 9.18 Å². The molecule has 3 heterocycles. The minimum Gasteiger partial charge on any atom is -0.465 e. The molecule has 3 amide bonds. The molecule has 4 fully saturated rings. The van der Waals surface area contributed by atoms with E-state index in [2.05, 4.69) is 0 Å². The number of carbonyl (C=O) groups is 3. The van der Waals surface area contributed by atoms with Crippen LogP contribution in [0.1, 0.15) is 75.1 Å². The predicted molar refractivity (Wildman–Crippen MR) is 170 cm³/mol. The molecular formula is C35H45FN4O6. The van der Waals surface area contributed by atoms with E-state index in [1.54, 1.807) is 6.07 Å². The van der Waals surface area contributed by atoms with Gasteiger partial charge in [0, 0.05) is 74.0 Å². The average molecular weight is 637 g/mol. The topological polar surface area (TPSA) is 123 Å². The molecule has 2 atom stereocenters. The molecule has 2 N–H and O–H groups in total. The fourth-order valence-electron chi connectivity index (χ4n) is 8.25. The van der Waals surface area contributed by atoms with E-state index in [1.165, 1.54) is 64.1 Å². The second kappa shape index (κ2) is 12.8. The van der Waals surface area contributed by atoms with Crippen LogP contribution in [-0.4, -0.2) is 92.3 Å². The molecule has 46 heavy (non-hydrogen) atoms. The lowest BCUT2D eigenvalue weighted by molar-refractivity contribution is -0.163. The summed E-state index contributed by atoms with van der Waals surface area (Å²) in [6.45, 7) is 3.43. The van der Waals surface area contributed by atoms with Gasteiger partial charge in [0.25, 0.3) is 11.5 Å². The molecule has 0 radical (unpaired) electrons. The number of hydrogen-bond acceptors (Lipinski definition) is 5. The molecule has 2 unspecified atom stereocenters. The first-order valence-electron chi connectivity index (χ1n) is 16.8. The predicted octanol–water partition coefficient (Wildman–Crippen LogP) is 4.44. The molecule has 2 aliphatic heterocycles. The van der Waals surface area contributed by atoms with Gasteiger partial charge >= 0.3 is 6.09 Å². The van der Waals surface area contributed by atoms with E-state index in [0.29, 0.717) is 25.4 Å². The number of carbonyl (C=O) groups excluding carboxylic acids is 2. The Balaban J connectivity index is 1.30. The molecule has 2 aliphatic carbocycles. The van der Waals surface area contributed by atoms with Crippen molar-refractivity contribution in [1.82, 2.24) is 19.3 Å². The van der Waals surface area contributed by atoms with Crippen molar-refractivity contribution in [2.75, 3.05) is 39.3 Å². The molecule has 4 aliphatic rings. The summed E-state index contributed by atoms with van der Waals surface area (Å²) in [5, 5.41) is 21.8. The molecule has 2 saturated heterocycles. The van der Waals surface area contributed by atoms with Crippen LogP contribution in [0.4, 0.5) is 9.18 Å². The third-order valence-corrected chi connectivity index (χ3v) is 11.3. The first kappa shape index (κ1) is 32.2.